The summed E-state index contributed by atoms with van der Waals surface area (Å²) in [4.78, 5) is 24.0. The minimum absolute atomic E-state index is 0.161. The van der Waals surface area contributed by atoms with Crippen molar-refractivity contribution in [3.05, 3.63) is 59.9 Å². The van der Waals surface area contributed by atoms with Gasteiger partial charge in [-0.25, -0.2) is 0 Å². The first-order valence-corrected chi connectivity index (χ1v) is 9.24. The summed E-state index contributed by atoms with van der Waals surface area (Å²) in [6, 6.07) is 14.1. The SMILES string of the molecule is CC(C(=O)N(CCN(C)C)Cc1ccccn1)N1CCc2ccccc21. The second-order valence-corrected chi connectivity index (χ2v) is 7.13. The van der Waals surface area contributed by atoms with Crippen LogP contribution in [0.1, 0.15) is 18.2 Å². The van der Waals surface area contributed by atoms with E-state index in [0.29, 0.717) is 13.1 Å². The number of benzene rings is 1. The van der Waals surface area contributed by atoms with Gasteiger partial charge in [0.1, 0.15) is 6.04 Å². The third-order valence-electron chi connectivity index (χ3n) is 4.96. The van der Waals surface area contributed by atoms with Crippen LogP contribution in [0.4, 0.5) is 5.69 Å². The molecule has 5 heteroatoms. The summed E-state index contributed by atoms with van der Waals surface area (Å²) < 4.78 is 0. The number of likely N-dealkylation sites (N-methyl/N-ethyl adjacent to an activating group) is 1. The molecular weight excluding hydrogens is 324 g/mol. The predicted molar refractivity (Wildman–Crippen MR) is 105 cm³/mol. The van der Waals surface area contributed by atoms with Crippen molar-refractivity contribution < 1.29 is 4.79 Å². The number of hydrogen-bond donors (Lipinski definition) is 0. The largest absolute Gasteiger partial charge is 0.359 e. The first-order chi connectivity index (χ1) is 12.6. The predicted octanol–water partition coefficient (Wildman–Crippen LogP) is 2.42. The minimum Gasteiger partial charge on any atom is -0.359 e. The van der Waals surface area contributed by atoms with E-state index in [1.807, 2.05) is 50.2 Å². The Labute approximate surface area is 156 Å². The summed E-state index contributed by atoms with van der Waals surface area (Å²) >= 11 is 0. The smallest absolute Gasteiger partial charge is 0.245 e. The Balaban J connectivity index is 1.75. The molecule has 0 aliphatic carbocycles. The van der Waals surface area contributed by atoms with Gasteiger partial charge in [-0.2, -0.15) is 0 Å². The van der Waals surface area contributed by atoms with E-state index in [0.717, 1.165) is 25.2 Å². The van der Waals surface area contributed by atoms with Crippen molar-refractivity contribution in [1.29, 1.82) is 0 Å². The van der Waals surface area contributed by atoms with E-state index < -0.39 is 0 Å². The van der Waals surface area contributed by atoms with Crippen molar-refractivity contribution in [2.24, 2.45) is 0 Å². The van der Waals surface area contributed by atoms with E-state index in [9.17, 15) is 4.79 Å². The molecule has 0 fully saturated rings. The lowest BCUT2D eigenvalue weighted by Crippen LogP contribution is -2.48. The molecular formula is C21H28N4O. The number of para-hydroxylation sites is 1. The second-order valence-electron chi connectivity index (χ2n) is 7.13. The van der Waals surface area contributed by atoms with Gasteiger partial charge < -0.3 is 14.7 Å². The quantitative estimate of drug-likeness (QED) is 0.767. The van der Waals surface area contributed by atoms with Crippen LogP contribution in [-0.4, -0.2) is 60.5 Å². The number of hydrogen-bond acceptors (Lipinski definition) is 4. The number of aromatic nitrogens is 1. The standard InChI is InChI=1S/C21H28N4O/c1-17(25-13-11-18-8-4-5-10-20(18)25)21(26)24(15-14-23(2)3)16-19-9-6-7-12-22-19/h4-10,12,17H,11,13-16H2,1-3H3. The topological polar surface area (TPSA) is 39.7 Å². The fraction of sp³-hybridized carbons (Fsp3) is 0.429. The minimum atomic E-state index is -0.176. The molecule has 0 bridgehead atoms. The summed E-state index contributed by atoms with van der Waals surface area (Å²) in [5.74, 6) is 0.161. The summed E-state index contributed by atoms with van der Waals surface area (Å²) in [6.07, 6.45) is 2.79. The van der Waals surface area contributed by atoms with Crippen LogP contribution in [0.3, 0.4) is 0 Å². The summed E-state index contributed by atoms with van der Waals surface area (Å²) in [6.45, 7) is 5.00. The Morgan fingerprint density at radius 3 is 2.65 bits per heavy atom. The maximum Gasteiger partial charge on any atom is 0.245 e. The molecule has 0 saturated carbocycles. The highest BCUT2D eigenvalue weighted by Gasteiger charge is 2.30. The maximum atomic E-state index is 13.3. The molecule has 138 valence electrons. The van der Waals surface area contributed by atoms with Gasteiger partial charge in [0.25, 0.3) is 0 Å². The zero-order chi connectivity index (χ0) is 18.5. The van der Waals surface area contributed by atoms with Crippen LogP contribution in [0.15, 0.2) is 48.7 Å². The molecule has 5 nitrogen and oxygen atoms in total. The number of nitrogens with zero attached hydrogens (tertiary/aromatic N) is 4. The lowest BCUT2D eigenvalue weighted by Gasteiger charge is -2.32. The monoisotopic (exact) mass is 352 g/mol. The number of pyridine rings is 1. The van der Waals surface area contributed by atoms with Gasteiger partial charge in [-0.15, -0.1) is 0 Å². The maximum absolute atomic E-state index is 13.3. The molecule has 1 atom stereocenters. The number of anilines is 1. The van der Waals surface area contributed by atoms with Crippen molar-refractivity contribution in [3.63, 3.8) is 0 Å². The van der Waals surface area contributed by atoms with Crippen molar-refractivity contribution >= 4 is 11.6 Å². The average Bonchev–Trinajstić information content (AvgIpc) is 3.08. The molecule has 1 aliphatic rings. The lowest BCUT2D eigenvalue weighted by atomic mass is 10.1. The third-order valence-corrected chi connectivity index (χ3v) is 4.96. The molecule has 2 aromatic rings. The molecule has 0 radical (unpaired) electrons. The Morgan fingerprint density at radius 2 is 1.92 bits per heavy atom. The highest BCUT2D eigenvalue weighted by molar-refractivity contribution is 5.85. The van der Waals surface area contributed by atoms with E-state index in [4.69, 9.17) is 0 Å². The fourth-order valence-electron chi connectivity index (χ4n) is 3.44. The number of carbonyl (C=O) groups is 1. The molecule has 1 unspecified atom stereocenters. The molecule has 1 amide bonds. The zero-order valence-electron chi connectivity index (χ0n) is 15.9. The van der Waals surface area contributed by atoms with Crippen LogP contribution >= 0.6 is 0 Å². The molecule has 3 rings (SSSR count). The summed E-state index contributed by atoms with van der Waals surface area (Å²) in [7, 11) is 4.06. The van der Waals surface area contributed by atoms with E-state index in [-0.39, 0.29) is 11.9 Å². The Morgan fingerprint density at radius 1 is 1.15 bits per heavy atom. The van der Waals surface area contributed by atoms with Gasteiger partial charge >= 0.3 is 0 Å². The first-order valence-electron chi connectivity index (χ1n) is 9.24. The molecule has 26 heavy (non-hydrogen) atoms. The van der Waals surface area contributed by atoms with Gasteiger partial charge in [0.15, 0.2) is 0 Å². The Hall–Kier alpha value is -2.40. The van der Waals surface area contributed by atoms with E-state index in [1.165, 1.54) is 11.3 Å². The first kappa shape index (κ1) is 18.4. The number of rotatable bonds is 7. The van der Waals surface area contributed by atoms with Crippen LogP contribution in [0, 0.1) is 0 Å². The number of carbonyl (C=O) groups excluding carboxylic acids is 1. The fourth-order valence-corrected chi connectivity index (χ4v) is 3.44. The van der Waals surface area contributed by atoms with Crippen LogP contribution in [-0.2, 0) is 17.8 Å². The Bertz CT molecular complexity index is 732. The van der Waals surface area contributed by atoms with Gasteiger partial charge in [0.05, 0.1) is 12.2 Å². The lowest BCUT2D eigenvalue weighted by molar-refractivity contribution is -0.133. The highest BCUT2D eigenvalue weighted by Crippen LogP contribution is 2.29. The second kappa shape index (κ2) is 8.32. The molecule has 1 aromatic heterocycles. The molecule has 1 aliphatic heterocycles. The Kier molecular flexibility index (Phi) is 5.89. The van der Waals surface area contributed by atoms with Crippen LogP contribution in [0.2, 0.25) is 0 Å². The van der Waals surface area contributed by atoms with Gasteiger partial charge in [0, 0.05) is 31.5 Å². The molecule has 0 saturated heterocycles. The third kappa shape index (κ3) is 4.22. The van der Waals surface area contributed by atoms with Crippen molar-refractivity contribution in [2.75, 3.05) is 38.6 Å². The number of amides is 1. The van der Waals surface area contributed by atoms with E-state index in [1.54, 1.807) is 6.20 Å². The number of fused-ring (bicyclic) bond motifs is 1. The zero-order valence-corrected chi connectivity index (χ0v) is 15.9. The molecule has 1 aromatic carbocycles. The molecule has 0 spiro atoms. The van der Waals surface area contributed by atoms with Crippen molar-refractivity contribution in [1.82, 2.24) is 14.8 Å². The van der Waals surface area contributed by atoms with Crippen LogP contribution < -0.4 is 4.90 Å². The van der Waals surface area contributed by atoms with Crippen LogP contribution in [0.25, 0.3) is 0 Å². The highest BCUT2D eigenvalue weighted by atomic mass is 16.2. The van der Waals surface area contributed by atoms with Crippen molar-refractivity contribution in [2.45, 2.75) is 25.9 Å². The molecule has 0 N–H and O–H groups in total. The van der Waals surface area contributed by atoms with Gasteiger partial charge in [-0.1, -0.05) is 24.3 Å². The van der Waals surface area contributed by atoms with E-state index >= 15 is 0 Å². The van der Waals surface area contributed by atoms with Gasteiger partial charge in [0.2, 0.25) is 5.91 Å². The van der Waals surface area contributed by atoms with Gasteiger partial charge in [-0.3, -0.25) is 9.78 Å². The van der Waals surface area contributed by atoms with Gasteiger partial charge in [-0.05, 0) is 51.2 Å². The average molecular weight is 352 g/mol. The van der Waals surface area contributed by atoms with E-state index in [2.05, 4.69) is 33.0 Å². The van der Waals surface area contributed by atoms with Crippen molar-refractivity contribution in [3.8, 4) is 0 Å². The normalized spacial score (nSPS) is 14.4. The molecule has 2 heterocycles. The van der Waals surface area contributed by atoms with Crippen LogP contribution in [0.5, 0.6) is 0 Å². The summed E-state index contributed by atoms with van der Waals surface area (Å²) in [5, 5.41) is 0. The summed E-state index contributed by atoms with van der Waals surface area (Å²) in [5.41, 5.74) is 3.45.